The molecule has 0 aliphatic heterocycles. The van der Waals surface area contributed by atoms with E-state index in [-0.39, 0.29) is 21.7 Å². The average Bonchev–Trinajstić information content (AvgIpc) is 2.33. The summed E-state index contributed by atoms with van der Waals surface area (Å²) in [5.41, 5.74) is 0. The van der Waals surface area contributed by atoms with Gasteiger partial charge >= 0.3 is 0 Å². The molecule has 0 aliphatic rings. The molecule has 1 N–H and O–H groups in total. The Labute approximate surface area is 133 Å². The summed E-state index contributed by atoms with van der Waals surface area (Å²) in [6.45, 7) is 3.89. The van der Waals surface area contributed by atoms with Crippen LogP contribution in [0.1, 0.15) is 20.3 Å². The molecule has 8 heteroatoms. The van der Waals surface area contributed by atoms with Crippen molar-refractivity contribution in [2.75, 3.05) is 5.88 Å². The van der Waals surface area contributed by atoms with E-state index in [1.165, 1.54) is 0 Å². The Morgan fingerprint density at radius 3 is 2.40 bits per heavy atom. The first kappa shape index (κ1) is 18.0. The predicted octanol–water partition coefficient (Wildman–Crippen LogP) is 4.06. The maximum Gasteiger partial charge on any atom is 0.242 e. The molecule has 0 heterocycles. The van der Waals surface area contributed by atoms with Gasteiger partial charge in [-0.25, -0.2) is 17.5 Å². The topological polar surface area (TPSA) is 46.2 Å². The van der Waals surface area contributed by atoms with Gasteiger partial charge in [0.05, 0.1) is 10.0 Å². The number of hydrogen-bond acceptors (Lipinski definition) is 2. The first-order valence-electron chi connectivity index (χ1n) is 5.90. The number of nitrogens with one attached hydrogen (secondary N) is 1. The van der Waals surface area contributed by atoms with Gasteiger partial charge in [-0.3, -0.25) is 0 Å². The summed E-state index contributed by atoms with van der Waals surface area (Å²) in [7, 11) is -3.95. The number of alkyl halides is 1. The Kier molecular flexibility index (Phi) is 6.54. The van der Waals surface area contributed by atoms with Crippen LogP contribution in [-0.4, -0.2) is 20.3 Å². The zero-order valence-corrected chi connectivity index (χ0v) is 14.0. The minimum atomic E-state index is -3.95. The fourth-order valence-electron chi connectivity index (χ4n) is 1.71. The lowest BCUT2D eigenvalue weighted by atomic mass is 10.1. The predicted molar refractivity (Wildman–Crippen MR) is 80.7 cm³/mol. The molecule has 1 atom stereocenters. The fraction of sp³-hybridized carbons (Fsp3) is 0.500. The standard InChI is InChI=1S/C12H15Cl3FNO2S/c1-7(2)5-8(6-13)17-20(18,19)10-4-3-9(14)12(16)11(10)15/h3-4,7-8,17H,5-6H2,1-2H3. The molecule has 0 radical (unpaired) electrons. The van der Waals surface area contributed by atoms with Gasteiger partial charge < -0.3 is 0 Å². The molecule has 1 aromatic rings. The van der Waals surface area contributed by atoms with E-state index in [4.69, 9.17) is 34.8 Å². The van der Waals surface area contributed by atoms with Crippen LogP contribution in [0, 0.1) is 11.7 Å². The highest BCUT2D eigenvalue weighted by Gasteiger charge is 2.25. The van der Waals surface area contributed by atoms with Gasteiger partial charge in [-0.15, -0.1) is 11.6 Å². The van der Waals surface area contributed by atoms with Crippen molar-refractivity contribution in [2.45, 2.75) is 31.2 Å². The molecule has 0 fully saturated rings. The van der Waals surface area contributed by atoms with E-state index in [2.05, 4.69) is 4.72 Å². The summed E-state index contributed by atoms with van der Waals surface area (Å²) in [6.07, 6.45) is 0.566. The van der Waals surface area contributed by atoms with E-state index in [9.17, 15) is 12.8 Å². The third-order valence-electron chi connectivity index (χ3n) is 2.55. The van der Waals surface area contributed by atoms with Crippen molar-refractivity contribution in [3.05, 3.63) is 28.0 Å². The van der Waals surface area contributed by atoms with Gasteiger partial charge in [-0.1, -0.05) is 37.0 Å². The van der Waals surface area contributed by atoms with E-state index in [0.717, 1.165) is 12.1 Å². The van der Waals surface area contributed by atoms with E-state index >= 15 is 0 Å². The highest BCUT2D eigenvalue weighted by atomic mass is 35.5. The van der Waals surface area contributed by atoms with Crippen LogP contribution in [0.15, 0.2) is 17.0 Å². The Hall–Kier alpha value is -0.0700. The van der Waals surface area contributed by atoms with Gasteiger partial charge in [0.2, 0.25) is 10.0 Å². The molecule has 1 rings (SSSR count). The second kappa shape index (κ2) is 7.27. The van der Waals surface area contributed by atoms with Crippen molar-refractivity contribution in [1.29, 1.82) is 0 Å². The molecule has 0 aromatic heterocycles. The van der Waals surface area contributed by atoms with Crippen molar-refractivity contribution < 1.29 is 12.8 Å². The van der Waals surface area contributed by atoms with Crippen molar-refractivity contribution >= 4 is 44.8 Å². The molecule has 0 saturated heterocycles. The Morgan fingerprint density at radius 2 is 1.90 bits per heavy atom. The van der Waals surface area contributed by atoms with E-state index in [0.29, 0.717) is 6.42 Å². The van der Waals surface area contributed by atoms with Crippen molar-refractivity contribution in [2.24, 2.45) is 5.92 Å². The van der Waals surface area contributed by atoms with E-state index in [1.807, 2.05) is 13.8 Å². The molecule has 0 bridgehead atoms. The van der Waals surface area contributed by atoms with Crippen LogP contribution in [0.25, 0.3) is 0 Å². The van der Waals surface area contributed by atoms with Crippen LogP contribution < -0.4 is 4.72 Å². The van der Waals surface area contributed by atoms with E-state index < -0.39 is 26.9 Å². The van der Waals surface area contributed by atoms with Gasteiger partial charge in [0.25, 0.3) is 0 Å². The number of hydrogen-bond donors (Lipinski definition) is 1. The van der Waals surface area contributed by atoms with Crippen molar-refractivity contribution in [3.63, 3.8) is 0 Å². The number of halogens is 4. The Morgan fingerprint density at radius 1 is 1.30 bits per heavy atom. The first-order chi connectivity index (χ1) is 9.19. The van der Waals surface area contributed by atoms with Gasteiger partial charge in [0.15, 0.2) is 5.82 Å². The lowest BCUT2D eigenvalue weighted by Gasteiger charge is -2.18. The molecule has 1 unspecified atom stereocenters. The highest BCUT2D eigenvalue weighted by molar-refractivity contribution is 7.89. The fourth-order valence-corrected chi connectivity index (χ4v) is 4.00. The second-order valence-corrected chi connectivity index (χ2v) is 7.55. The maximum absolute atomic E-state index is 13.6. The highest BCUT2D eigenvalue weighted by Crippen LogP contribution is 2.29. The smallest absolute Gasteiger partial charge is 0.207 e. The van der Waals surface area contributed by atoms with Crippen molar-refractivity contribution in [1.82, 2.24) is 4.72 Å². The number of sulfonamides is 1. The monoisotopic (exact) mass is 361 g/mol. The SMILES string of the molecule is CC(C)CC(CCl)NS(=O)(=O)c1ccc(Cl)c(F)c1Cl. The molecule has 1 aromatic carbocycles. The molecular formula is C12H15Cl3FNO2S. The second-order valence-electron chi connectivity index (χ2n) is 4.78. The van der Waals surface area contributed by atoms with Crippen LogP contribution in [0.3, 0.4) is 0 Å². The lowest BCUT2D eigenvalue weighted by molar-refractivity contribution is 0.485. The molecule has 3 nitrogen and oxygen atoms in total. The summed E-state index contributed by atoms with van der Waals surface area (Å²) in [5.74, 6) is -0.577. The molecule has 0 amide bonds. The third kappa shape index (κ3) is 4.46. The first-order valence-corrected chi connectivity index (χ1v) is 8.68. The zero-order chi connectivity index (χ0) is 15.5. The molecule has 20 heavy (non-hydrogen) atoms. The summed E-state index contributed by atoms with van der Waals surface area (Å²) < 4.78 is 40.4. The molecular weight excluding hydrogens is 348 g/mol. The van der Waals surface area contributed by atoms with Crippen LogP contribution in [0.5, 0.6) is 0 Å². The average molecular weight is 363 g/mol. The van der Waals surface area contributed by atoms with Gasteiger partial charge in [-0.05, 0) is 24.5 Å². The molecule has 114 valence electrons. The number of rotatable bonds is 6. The van der Waals surface area contributed by atoms with Crippen LogP contribution in [0.2, 0.25) is 10.0 Å². The van der Waals surface area contributed by atoms with Crippen LogP contribution in [-0.2, 0) is 10.0 Å². The third-order valence-corrected chi connectivity index (χ3v) is 5.26. The quantitative estimate of drug-likeness (QED) is 0.612. The lowest BCUT2D eigenvalue weighted by Crippen LogP contribution is -2.37. The Bertz CT molecular complexity index is 578. The van der Waals surface area contributed by atoms with E-state index in [1.54, 1.807) is 0 Å². The largest absolute Gasteiger partial charge is 0.242 e. The summed E-state index contributed by atoms with van der Waals surface area (Å²) in [6, 6.07) is 1.86. The Balaban J connectivity index is 3.08. The van der Waals surface area contributed by atoms with Crippen LogP contribution >= 0.6 is 34.8 Å². The van der Waals surface area contributed by atoms with Gasteiger partial charge in [0, 0.05) is 11.9 Å². The number of benzene rings is 1. The molecule has 0 spiro atoms. The van der Waals surface area contributed by atoms with Crippen LogP contribution in [0.4, 0.5) is 4.39 Å². The molecule has 0 saturated carbocycles. The summed E-state index contributed by atoms with van der Waals surface area (Å²) in [4.78, 5) is -0.347. The summed E-state index contributed by atoms with van der Waals surface area (Å²) >= 11 is 17.0. The minimum absolute atomic E-state index is 0.116. The molecule has 0 aliphatic carbocycles. The zero-order valence-electron chi connectivity index (χ0n) is 11.0. The maximum atomic E-state index is 13.6. The summed E-state index contributed by atoms with van der Waals surface area (Å²) in [5, 5.41) is -0.757. The normalized spacial score (nSPS) is 13.8. The minimum Gasteiger partial charge on any atom is -0.207 e. The van der Waals surface area contributed by atoms with Gasteiger partial charge in [-0.2, -0.15) is 0 Å². The van der Waals surface area contributed by atoms with Crippen molar-refractivity contribution in [3.8, 4) is 0 Å². The van der Waals surface area contributed by atoms with Gasteiger partial charge in [0.1, 0.15) is 4.90 Å².